The minimum absolute atomic E-state index is 0.388. The molecule has 1 aromatic heterocycles. The molecule has 1 aliphatic rings. The maximum absolute atomic E-state index is 9.00. The summed E-state index contributed by atoms with van der Waals surface area (Å²) in [6, 6.07) is 7.93. The summed E-state index contributed by atoms with van der Waals surface area (Å²) in [7, 11) is 0. The number of hydrogen-bond acceptors (Lipinski definition) is 3. The van der Waals surface area contributed by atoms with Gasteiger partial charge in [0.25, 0.3) is 0 Å². The fourth-order valence-corrected chi connectivity index (χ4v) is 3.12. The molecule has 4 nitrogen and oxygen atoms in total. The summed E-state index contributed by atoms with van der Waals surface area (Å²) in [5, 5.41) is 9.00. The molecule has 21 heavy (non-hydrogen) atoms. The molecule has 0 bridgehead atoms. The average Bonchev–Trinajstić information content (AvgIpc) is 2.90. The van der Waals surface area contributed by atoms with Gasteiger partial charge >= 0.3 is 0 Å². The normalized spacial score (nSPS) is 18.8. The number of ether oxygens (including phenoxy) is 1. The van der Waals surface area contributed by atoms with Crippen molar-refractivity contribution in [3.63, 3.8) is 0 Å². The van der Waals surface area contributed by atoms with E-state index in [1.165, 1.54) is 19.3 Å². The van der Waals surface area contributed by atoms with Crippen molar-refractivity contribution >= 4 is 11.0 Å². The standard InChI is InChI=1S/C17H21N3O/c1-2-20-16-8-6-13(12-18)11-15(16)19-17(20)9-7-14-5-3-4-10-21-14/h6,8,11,14H,2-5,7,9-10H2,1H3. The van der Waals surface area contributed by atoms with Gasteiger partial charge in [0.1, 0.15) is 5.82 Å². The van der Waals surface area contributed by atoms with Crippen LogP contribution in [-0.2, 0) is 17.7 Å². The Morgan fingerprint density at radius 2 is 2.33 bits per heavy atom. The molecule has 4 heteroatoms. The molecule has 1 saturated heterocycles. The van der Waals surface area contributed by atoms with Gasteiger partial charge in [0.05, 0.1) is 28.8 Å². The van der Waals surface area contributed by atoms with Crippen LogP contribution in [0.2, 0.25) is 0 Å². The largest absolute Gasteiger partial charge is 0.378 e. The Labute approximate surface area is 125 Å². The van der Waals surface area contributed by atoms with Gasteiger partial charge in [-0.05, 0) is 50.8 Å². The number of fused-ring (bicyclic) bond motifs is 1. The van der Waals surface area contributed by atoms with Crippen LogP contribution in [0.4, 0.5) is 0 Å². The first kappa shape index (κ1) is 14.1. The zero-order valence-electron chi connectivity index (χ0n) is 12.5. The lowest BCUT2D eigenvalue weighted by Gasteiger charge is -2.22. The van der Waals surface area contributed by atoms with E-state index in [1.54, 1.807) is 0 Å². The van der Waals surface area contributed by atoms with Crippen LogP contribution in [0.5, 0.6) is 0 Å². The summed E-state index contributed by atoms with van der Waals surface area (Å²) in [5.41, 5.74) is 2.72. The van der Waals surface area contributed by atoms with Gasteiger partial charge in [-0.25, -0.2) is 4.98 Å². The Morgan fingerprint density at radius 3 is 3.05 bits per heavy atom. The molecule has 1 atom stereocenters. The first-order chi connectivity index (χ1) is 10.3. The molecule has 1 fully saturated rings. The lowest BCUT2D eigenvalue weighted by molar-refractivity contribution is 0.0111. The fraction of sp³-hybridized carbons (Fsp3) is 0.529. The van der Waals surface area contributed by atoms with Crippen molar-refractivity contribution in [3.05, 3.63) is 29.6 Å². The Kier molecular flexibility index (Phi) is 4.21. The number of rotatable bonds is 4. The van der Waals surface area contributed by atoms with E-state index in [0.717, 1.165) is 42.9 Å². The van der Waals surface area contributed by atoms with Crippen LogP contribution in [-0.4, -0.2) is 22.3 Å². The minimum atomic E-state index is 0.388. The molecular formula is C17H21N3O. The van der Waals surface area contributed by atoms with Gasteiger partial charge in [-0.3, -0.25) is 0 Å². The molecule has 2 heterocycles. The van der Waals surface area contributed by atoms with E-state index < -0.39 is 0 Å². The second kappa shape index (κ2) is 6.28. The van der Waals surface area contributed by atoms with Crippen molar-refractivity contribution in [2.75, 3.05) is 6.61 Å². The topological polar surface area (TPSA) is 50.8 Å². The van der Waals surface area contributed by atoms with Crippen LogP contribution in [0, 0.1) is 11.3 Å². The maximum atomic E-state index is 9.00. The first-order valence-corrected chi connectivity index (χ1v) is 7.82. The van der Waals surface area contributed by atoms with Crippen molar-refractivity contribution in [2.24, 2.45) is 0 Å². The highest BCUT2D eigenvalue weighted by Gasteiger charge is 2.16. The molecule has 3 rings (SSSR count). The van der Waals surface area contributed by atoms with E-state index in [2.05, 4.69) is 17.6 Å². The van der Waals surface area contributed by atoms with Gasteiger partial charge in [-0.2, -0.15) is 5.26 Å². The zero-order valence-corrected chi connectivity index (χ0v) is 12.5. The van der Waals surface area contributed by atoms with Gasteiger partial charge in [0.2, 0.25) is 0 Å². The summed E-state index contributed by atoms with van der Waals surface area (Å²) in [5.74, 6) is 1.11. The van der Waals surface area contributed by atoms with Crippen LogP contribution < -0.4 is 0 Å². The number of aromatic nitrogens is 2. The molecule has 1 aromatic carbocycles. The van der Waals surface area contributed by atoms with Gasteiger partial charge in [0.15, 0.2) is 0 Å². The maximum Gasteiger partial charge on any atom is 0.109 e. The van der Waals surface area contributed by atoms with Crippen molar-refractivity contribution in [2.45, 2.75) is 51.7 Å². The summed E-state index contributed by atoms with van der Waals surface area (Å²) >= 11 is 0. The third-order valence-corrected chi connectivity index (χ3v) is 4.24. The third kappa shape index (κ3) is 2.93. The molecule has 2 aromatic rings. The number of hydrogen-bond donors (Lipinski definition) is 0. The minimum Gasteiger partial charge on any atom is -0.378 e. The molecule has 0 amide bonds. The predicted octanol–water partition coefficient (Wildman–Crippen LogP) is 3.43. The highest BCUT2D eigenvalue weighted by Crippen LogP contribution is 2.21. The highest BCUT2D eigenvalue weighted by atomic mass is 16.5. The van der Waals surface area contributed by atoms with E-state index >= 15 is 0 Å². The van der Waals surface area contributed by atoms with Gasteiger partial charge in [0, 0.05) is 19.6 Å². The van der Waals surface area contributed by atoms with Crippen molar-refractivity contribution in [1.82, 2.24) is 9.55 Å². The lowest BCUT2D eigenvalue weighted by Crippen LogP contribution is -2.20. The van der Waals surface area contributed by atoms with E-state index in [1.807, 2.05) is 18.2 Å². The first-order valence-electron chi connectivity index (χ1n) is 7.82. The van der Waals surface area contributed by atoms with Crippen LogP contribution in [0.1, 0.15) is 44.0 Å². The summed E-state index contributed by atoms with van der Waals surface area (Å²) in [6.07, 6.45) is 6.01. The summed E-state index contributed by atoms with van der Waals surface area (Å²) in [6.45, 7) is 3.95. The molecule has 0 N–H and O–H groups in total. The second-order valence-corrected chi connectivity index (χ2v) is 5.61. The molecular weight excluding hydrogens is 262 g/mol. The molecule has 0 saturated carbocycles. The van der Waals surface area contributed by atoms with Crippen molar-refractivity contribution < 1.29 is 4.74 Å². The van der Waals surface area contributed by atoms with Gasteiger partial charge in [-0.15, -0.1) is 0 Å². The average molecular weight is 283 g/mol. The Morgan fingerprint density at radius 1 is 1.43 bits per heavy atom. The zero-order chi connectivity index (χ0) is 14.7. The van der Waals surface area contributed by atoms with Crippen molar-refractivity contribution in [1.29, 1.82) is 5.26 Å². The summed E-state index contributed by atoms with van der Waals surface area (Å²) < 4.78 is 8.05. The smallest absolute Gasteiger partial charge is 0.109 e. The summed E-state index contributed by atoms with van der Waals surface area (Å²) in [4.78, 5) is 4.73. The molecule has 0 aliphatic carbocycles. The molecule has 1 aliphatic heterocycles. The van der Waals surface area contributed by atoms with Crippen LogP contribution in [0.3, 0.4) is 0 Å². The molecule has 0 radical (unpaired) electrons. The highest BCUT2D eigenvalue weighted by molar-refractivity contribution is 5.77. The Bertz CT molecular complexity index is 662. The number of aryl methyl sites for hydroxylation is 2. The van der Waals surface area contributed by atoms with E-state index in [9.17, 15) is 0 Å². The molecule has 0 spiro atoms. The van der Waals surface area contributed by atoms with E-state index in [-0.39, 0.29) is 0 Å². The monoisotopic (exact) mass is 283 g/mol. The predicted molar refractivity (Wildman–Crippen MR) is 82.0 cm³/mol. The van der Waals surface area contributed by atoms with Gasteiger partial charge in [-0.1, -0.05) is 0 Å². The van der Waals surface area contributed by atoms with E-state index in [4.69, 9.17) is 15.0 Å². The number of benzene rings is 1. The second-order valence-electron chi connectivity index (χ2n) is 5.61. The Balaban J connectivity index is 1.82. The third-order valence-electron chi connectivity index (χ3n) is 4.24. The lowest BCUT2D eigenvalue weighted by atomic mass is 10.0. The molecule has 110 valence electrons. The van der Waals surface area contributed by atoms with Crippen molar-refractivity contribution in [3.8, 4) is 6.07 Å². The SMILES string of the molecule is CCn1c(CCC2CCCCO2)nc2cc(C#N)ccc21. The fourth-order valence-electron chi connectivity index (χ4n) is 3.12. The van der Waals surface area contributed by atoms with Crippen LogP contribution in [0.15, 0.2) is 18.2 Å². The quantitative estimate of drug-likeness (QED) is 0.863. The Hall–Kier alpha value is -1.86. The van der Waals surface area contributed by atoms with E-state index in [0.29, 0.717) is 11.7 Å². The van der Waals surface area contributed by atoms with Crippen LogP contribution in [0.25, 0.3) is 11.0 Å². The number of imidazole rings is 1. The number of nitriles is 1. The van der Waals surface area contributed by atoms with Gasteiger partial charge < -0.3 is 9.30 Å². The molecule has 1 unspecified atom stereocenters. The van der Waals surface area contributed by atoms with Crippen LogP contribution >= 0.6 is 0 Å². The number of nitrogens with zero attached hydrogens (tertiary/aromatic N) is 3.